The number of nitrogens with one attached hydrogen (secondary N) is 1. The Morgan fingerprint density at radius 1 is 1.25 bits per heavy atom. The zero-order valence-electron chi connectivity index (χ0n) is 11.3. The van der Waals surface area contributed by atoms with Crippen molar-refractivity contribution in [3.63, 3.8) is 0 Å². The van der Waals surface area contributed by atoms with Crippen LogP contribution in [0.1, 0.15) is 34.3 Å². The lowest BCUT2D eigenvalue weighted by Gasteiger charge is -2.26. The molecule has 1 atom stereocenters. The second-order valence-electron chi connectivity index (χ2n) is 5.53. The number of carboxylic acid groups (broad SMARTS) is 1. The van der Waals surface area contributed by atoms with Gasteiger partial charge >= 0.3 is 5.97 Å². The first-order chi connectivity index (χ1) is 9.65. The molecule has 1 amide bonds. The highest BCUT2D eigenvalue weighted by molar-refractivity contribution is 5.88. The van der Waals surface area contributed by atoms with Gasteiger partial charge in [0.2, 0.25) is 5.91 Å². The van der Waals surface area contributed by atoms with Crippen LogP contribution in [0.15, 0.2) is 18.2 Å². The van der Waals surface area contributed by atoms with E-state index in [2.05, 4.69) is 5.32 Å². The summed E-state index contributed by atoms with van der Waals surface area (Å²) in [6.07, 6.45) is 1.99. The van der Waals surface area contributed by atoms with E-state index in [-0.39, 0.29) is 17.4 Å². The Hall–Kier alpha value is -1.88. The molecule has 5 heteroatoms. The largest absolute Gasteiger partial charge is 0.478 e. The van der Waals surface area contributed by atoms with Crippen molar-refractivity contribution in [3.8, 4) is 0 Å². The average Bonchev–Trinajstić information content (AvgIpc) is 2.90. The molecule has 2 aliphatic rings. The molecule has 3 rings (SSSR count). The maximum atomic E-state index is 12.5. The van der Waals surface area contributed by atoms with Crippen LogP contribution in [-0.4, -0.2) is 35.0 Å². The third-order valence-corrected chi connectivity index (χ3v) is 4.13. The zero-order valence-corrected chi connectivity index (χ0v) is 11.3. The van der Waals surface area contributed by atoms with Crippen LogP contribution in [0.2, 0.25) is 0 Å². The van der Waals surface area contributed by atoms with Crippen LogP contribution in [0.3, 0.4) is 0 Å². The molecule has 106 valence electrons. The van der Waals surface area contributed by atoms with Gasteiger partial charge in [-0.15, -0.1) is 0 Å². The van der Waals surface area contributed by atoms with Crippen molar-refractivity contribution < 1.29 is 14.7 Å². The van der Waals surface area contributed by atoms with E-state index in [1.807, 2.05) is 11.0 Å². The SMILES string of the molecule is O=C(O)c1ccc2c(c1)CN(C(=O)[C@@H]1CCCNC1)C2. The van der Waals surface area contributed by atoms with Crippen molar-refractivity contribution in [1.82, 2.24) is 10.2 Å². The maximum Gasteiger partial charge on any atom is 0.335 e. The van der Waals surface area contributed by atoms with Crippen LogP contribution < -0.4 is 5.32 Å². The summed E-state index contributed by atoms with van der Waals surface area (Å²) in [5.74, 6) is -0.670. The van der Waals surface area contributed by atoms with Gasteiger partial charge in [0, 0.05) is 19.6 Å². The van der Waals surface area contributed by atoms with Crippen LogP contribution >= 0.6 is 0 Å². The number of nitrogens with zero attached hydrogens (tertiary/aromatic N) is 1. The van der Waals surface area contributed by atoms with Gasteiger partial charge in [0.25, 0.3) is 0 Å². The summed E-state index contributed by atoms with van der Waals surface area (Å²) >= 11 is 0. The number of carbonyl (C=O) groups excluding carboxylic acids is 1. The third kappa shape index (κ3) is 2.41. The lowest BCUT2D eigenvalue weighted by Crippen LogP contribution is -2.40. The summed E-state index contributed by atoms with van der Waals surface area (Å²) in [5.41, 5.74) is 2.31. The standard InChI is InChI=1S/C15H18N2O3/c18-14(11-2-1-5-16-7-11)17-8-12-4-3-10(15(19)20)6-13(12)9-17/h3-4,6,11,16H,1-2,5,7-9H2,(H,19,20)/t11-/m1/s1. The highest BCUT2D eigenvalue weighted by atomic mass is 16.4. The van der Waals surface area contributed by atoms with Crippen molar-refractivity contribution in [2.45, 2.75) is 25.9 Å². The van der Waals surface area contributed by atoms with Gasteiger partial charge in [-0.1, -0.05) is 6.07 Å². The highest BCUT2D eigenvalue weighted by Gasteiger charge is 2.30. The molecule has 2 aliphatic heterocycles. The Kier molecular flexibility index (Phi) is 3.44. The molecular weight excluding hydrogens is 256 g/mol. The number of amides is 1. The van der Waals surface area contributed by atoms with E-state index < -0.39 is 5.97 Å². The molecule has 2 heterocycles. The van der Waals surface area contributed by atoms with Crippen LogP contribution in [0.5, 0.6) is 0 Å². The van der Waals surface area contributed by atoms with Gasteiger partial charge in [0.15, 0.2) is 0 Å². The molecule has 0 aliphatic carbocycles. The summed E-state index contributed by atoms with van der Waals surface area (Å²) in [7, 11) is 0. The first kappa shape index (κ1) is 13.1. The number of benzene rings is 1. The number of hydrogen-bond donors (Lipinski definition) is 2. The monoisotopic (exact) mass is 274 g/mol. The Morgan fingerprint density at radius 3 is 2.75 bits per heavy atom. The molecule has 20 heavy (non-hydrogen) atoms. The van der Waals surface area contributed by atoms with Gasteiger partial charge in [-0.2, -0.15) is 0 Å². The third-order valence-electron chi connectivity index (χ3n) is 4.13. The van der Waals surface area contributed by atoms with E-state index in [0.717, 1.165) is 37.1 Å². The predicted molar refractivity (Wildman–Crippen MR) is 73.2 cm³/mol. The Balaban J connectivity index is 1.73. The maximum absolute atomic E-state index is 12.5. The molecule has 1 aromatic rings. The fraction of sp³-hybridized carbons (Fsp3) is 0.467. The number of hydrogen-bond acceptors (Lipinski definition) is 3. The fourth-order valence-corrected chi connectivity index (χ4v) is 3.00. The number of piperidine rings is 1. The minimum absolute atomic E-state index is 0.0667. The van der Waals surface area contributed by atoms with Gasteiger partial charge in [0.1, 0.15) is 0 Å². The Labute approximate surface area is 117 Å². The quantitative estimate of drug-likeness (QED) is 0.851. The van der Waals surface area contributed by atoms with Crippen molar-refractivity contribution in [3.05, 3.63) is 34.9 Å². The van der Waals surface area contributed by atoms with Gasteiger partial charge in [0.05, 0.1) is 11.5 Å². The van der Waals surface area contributed by atoms with Gasteiger partial charge in [-0.05, 0) is 42.6 Å². The van der Waals surface area contributed by atoms with E-state index in [4.69, 9.17) is 5.11 Å². The Morgan fingerprint density at radius 2 is 2.05 bits per heavy atom. The second-order valence-corrected chi connectivity index (χ2v) is 5.53. The smallest absolute Gasteiger partial charge is 0.335 e. The minimum Gasteiger partial charge on any atom is -0.478 e. The molecule has 5 nitrogen and oxygen atoms in total. The molecule has 0 saturated carbocycles. The molecule has 1 saturated heterocycles. The van der Waals surface area contributed by atoms with Crippen LogP contribution in [0.25, 0.3) is 0 Å². The fourth-order valence-electron chi connectivity index (χ4n) is 3.00. The molecule has 0 unspecified atom stereocenters. The molecule has 1 fully saturated rings. The lowest BCUT2D eigenvalue weighted by molar-refractivity contribution is -0.136. The lowest BCUT2D eigenvalue weighted by atomic mass is 9.98. The van der Waals surface area contributed by atoms with E-state index in [1.165, 1.54) is 0 Å². The molecule has 0 radical (unpaired) electrons. The van der Waals surface area contributed by atoms with Crippen LogP contribution in [-0.2, 0) is 17.9 Å². The zero-order chi connectivity index (χ0) is 14.1. The molecular formula is C15H18N2O3. The van der Waals surface area contributed by atoms with Crippen molar-refractivity contribution in [2.75, 3.05) is 13.1 Å². The van der Waals surface area contributed by atoms with E-state index in [9.17, 15) is 9.59 Å². The highest BCUT2D eigenvalue weighted by Crippen LogP contribution is 2.26. The molecule has 1 aromatic carbocycles. The summed E-state index contributed by atoms with van der Waals surface area (Å²) < 4.78 is 0. The van der Waals surface area contributed by atoms with Crippen LogP contribution in [0.4, 0.5) is 0 Å². The van der Waals surface area contributed by atoms with Gasteiger partial charge in [-0.25, -0.2) is 4.79 Å². The van der Waals surface area contributed by atoms with Crippen LogP contribution in [0, 0.1) is 5.92 Å². The molecule has 0 aromatic heterocycles. The average molecular weight is 274 g/mol. The van der Waals surface area contributed by atoms with Crippen molar-refractivity contribution in [1.29, 1.82) is 0 Å². The number of aromatic carboxylic acids is 1. The van der Waals surface area contributed by atoms with E-state index in [1.54, 1.807) is 12.1 Å². The first-order valence-corrected chi connectivity index (χ1v) is 7.00. The normalized spacial score (nSPS) is 21.6. The Bertz CT molecular complexity index is 550. The molecule has 0 spiro atoms. The van der Waals surface area contributed by atoms with Gasteiger partial charge in [-0.3, -0.25) is 4.79 Å². The minimum atomic E-state index is -0.922. The number of rotatable bonds is 2. The van der Waals surface area contributed by atoms with E-state index in [0.29, 0.717) is 13.1 Å². The number of carboxylic acids is 1. The second kappa shape index (κ2) is 5.25. The topological polar surface area (TPSA) is 69.6 Å². The van der Waals surface area contributed by atoms with Gasteiger partial charge < -0.3 is 15.3 Å². The summed E-state index contributed by atoms with van der Waals surface area (Å²) in [6.45, 7) is 2.88. The van der Waals surface area contributed by atoms with E-state index >= 15 is 0 Å². The molecule has 2 N–H and O–H groups in total. The summed E-state index contributed by atoms with van der Waals surface area (Å²) in [4.78, 5) is 25.3. The molecule has 0 bridgehead atoms. The summed E-state index contributed by atoms with van der Waals surface area (Å²) in [6, 6.07) is 5.12. The first-order valence-electron chi connectivity index (χ1n) is 7.00. The van der Waals surface area contributed by atoms with Crippen molar-refractivity contribution in [2.24, 2.45) is 5.92 Å². The van der Waals surface area contributed by atoms with Crippen molar-refractivity contribution >= 4 is 11.9 Å². The number of carbonyl (C=O) groups is 2. The summed E-state index contributed by atoms with van der Waals surface area (Å²) in [5, 5.41) is 12.3. The number of fused-ring (bicyclic) bond motifs is 1. The predicted octanol–water partition coefficient (Wildman–Crippen LogP) is 1.23.